The van der Waals surface area contributed by atoms with Crippen LogP contribution in [0.1, 0.15) is 0 Å². The van der Waals surface area contributed by atoms with Gasteiger partial charge in [0.1, 0.15) is 22.5 Å². The number of rotatable bonds is 3. The first-order valence-electron chi connectivity index (χ1n) is 5.06. The predicted molar refractivity (Wildman–Crippen MR) is 70.8 cm³/mol. The number of anilines is 2. The Morgan fingerprint density at radius 2 is 2.00 bits per heavy atom. The van der Waals surface area contributed by atoms with E-state index in [1.165, 1.54) is 6.33 Å². The van der Waals surface area contributed by atoms with Gasteiger partial charge >= 0.3 is 0 Å². The molecule has 0 bridgehead atoms. The van der Waals surface area contributed by atoms with E-state index in [4.69, 9.17) is 4.74 Å². The minimum atomic E-state index is 0.754. The monoisotopic (exact) mass is 293 g/mol. The van der Waals surface area contributed by atoms with E-state index in [1.54, 1.807) is 7.11 Å². The van der Waals surface area contributed by atoms with Gasteiger partial charge in [-0.05, 0) is 28.1 Å². The highest BCUT2D eigenvalue weighted by molar-refractivity contribution is 9.10. The first-order valence-corrected chi connectivity index (χ1v) is 5.86. The lowest BCUT2D eigenvalue weighted by atomic mass is 10.2. The van der Waals surface area contributed by atoms with Crippen LogP contribution in [-0.2, 0) is 0 Å². The summed E-state index contributed by atoms with van der Waals surface area (Å²) < 4.78 is 6.08. The Kier molecular flexibility index (Phi) is 3.58. The average molecular weight is 294 g/mol. The zero-order valence-corrected chi connectivity index (χ0v) is 11.2. The maximum atomic E-state index is 5.32. The lowest BCUT2D eigenvalue weighted by Crippen LogP contribution is -2.12. The van der Waals surface area contributed by atoms with Crippen molar-refractivity contribution in [3.05, 3.63) is 41.3 Å². The SMILES string of the molecule is COc1ccccc1N(C)c1cc(Br)ncn1. The van der Waals surface area contributed by atoms with Gasteiger partial charge in [-0.25, -0.2) is 9.97 Å². The normalized spacial score (nSPS) is 10.1. The van der Waals surface area contributed by atoms with Crippen molar-refractivity contribution in [3.8, 4) is 5.75 Å². The molecule has 2 rings (SSSR count). The molecule has 17 heavy (non-hydrogen) atoms. The Morgan fingerprint density at radius 3 is 2.71 bits per heavy atom. The van der Waals surface area contributed by atoms with Crippen molar-refractivity contribution in [2.75, 3.05) is 19.1 Å². The van der Waals surface area contributed by atoms with Crippen molar-refractivity contribution in [2.45, 2.75) is 0 Å². The van der Waals surface area contributed by atoms with Gasteiger partial charge in [-0.2, -0.15) is 0 Å². The molecule has 0 N–H and O–H groups in total. The Morgan fingerprint density at radius 1 is 1.24 bits per heavy atom. The van der Waals surface area contributed by atoms with E-state index in [0.717, 1.165) is 21.9 Å². The molecular formula is C12H12BrN3O. The topological polar surface area (TPSA) is 38.2 Å². The first kappa shape index (κ1) is 11.9. The molecule has 0 saturated carbocycles. The summed E-state index contributed by atoms with van der Waals surface area (Å²) in [4.78, 5) is 10.2. The number of nitrogens with zero attached hydrogens (tertiary/aromatic N) is 3. The van der Waals surface area contributed by atoms with E-state index in [0.29, 0.717) is 0 Å². The quantitative estimate of drug-likeness (QED) is 0.816. The molecule has 0 atom stereocenters. The van der Waals surface area contributed by atoms with E-state index >= 15 is 0 Å². The molecule has 0 aliphatic heterocycles. The van der Waals surface area contributed by atoms with Crippen LogP contribution in [0.25, 0.3) is 0 Å². The number of hydrogen-bond acceptors (Lipinski definition) is 4. The van der Waals surface area contributed by atoms with Crippen molar-refractivity contribution < 1.29 is 4.74 Å². The molecule has 1 aromatic carbocycles. The van der Waals surface area contributed by atoms with E-state index in [9.17, 15) is 0 Å². The van der Waals surface area contributed by atoms with Crippen molar-refractivity contribution >= 4 is 27.4 Å². The molecule has 1 aromatic heterocycles. The third-order valence-corrected chi connectivity index (χ3v) is 2.84. The highest BCUT2D eigenvalue weighted by Crippen LogP contribution is 2.31. The van der Waals surface area contributed by atoms with Gasteiger partial charge in [-0.1, -0.05) is 12.1 Å². The number of hydrogen-bond donors (Lipinski definition) is 0. The van der Waals surface area contributed by atoms with Crippen molar-refractivity contribution in [1.82, 2.24) is 9.97 Å². The van der Waals surface area contributed by atoms with Crippen LogP contribution in [0, 0.1) is 0 Å². The van der Waals surface area contributed by atoms with E-state index in [2.05, 4.69) is 25.9 Å². The summed E-state index contributed by atoms with van der Waals surface area (Å²) in [5.41, 5.74) is 0.959. The number of benzene rings is 1. The molecule has 0 spiro atoms. The van der Waals surface area contributed by atoms with Gasteiger partial charge in [0.15, 0.2) is 0 Å². The van der Waals surface area contributed by atoms with Crippen molar-refractivity contribution in [3.63, 3.8) is 0 Å². The van der Waals surface area contributed by atoms with Crippen LogP contribution in [0.5, 0.6) is 5.75 Å². The highest BCUT2D eigenvalue weighted by Gasteiger charge is 2.10. The second-order valence-electron chi connectivity index (χ2n) is 3.43. The molecule has 0 fully saturated rings. The molecule has 0 unspecified atom stereocenters. The second kappa shape index (κ2) is 5.14. The fraction of sp³-hybridized carbons (Fsp3) is 0.167. The third kappa shape index (κ3) is 2.55. The fourth-order valence-electron chi connectivity index (χ4n) is 1.54. The molecular weight excluding hydrogens is 282 g/mol. The molecule has 0 aliphatic carbocycles. The predicted octanol–water partition coefficient (Wildman–Crippen LogP) is 3.02. The molecule has 5 heteroatoms. The lowest BCUT2D eigenvalue weighted by molar-refractivity contribution is 0.415. The van der Waals surface area contributed by atoms with Gasteiger partial charge in [0.2, 0.25) is 0 Å². The summed E-state index contributed by atoms with van der Waals surface area (Å²) in [5, 5.41) is 0. The molecule has 88 valence electrons. The Balaban J connectivity index is 2.40. The summed E-state index contributed by atoms with van der Waals surface area (Å²) in [7, 11) is 3.59. The van der Waals surface area contributed by atoms with Gasteiger partial charge in [0.05, 0.1) is 12.8 Å². The Labute approximate surface area is 108 Å². The van der Waals surface area contributed by atoms with Crippen LogP contribution in [0.3, 0.4) is 0 Å². The summed E-state index contributed by atoms with van der Waals surface area (Å²) >= 11 is 3.33. The number of para-hydroxylation sites is 2. The van der Waals surface area contributed by atoms with Crippen LogP contribution < -0.4 is 9.64 Å². The molecule has 4 nitrogen and oxygen atoms in total. The zero-order valence-electron chi connectivity index (χ0n) is 9.59. The number of ether oxygens (including phenoxy) is 1. The maximum absolute atomic E-state index is 5.32. The van der Waals surface area contributed by atoms with Crippen LogP contribution in [-0.4, -0.2) is 24.1 Å². The summed E-state index contributed by atoms with van der Waals surface area (Å²) in [6, 6.07) is 9.65. The van der Waals surface area contributed by atoms with Crippen molar-refractivity contribution in [1.29, 1.82) is 0 Å². The molecule has 0 radical (unpaired) electrons. The van der Waals surface area contributed by atoms with E-state index in [-0.39, 0.29) is 0 Å². The Hall–Kier alpha value is -1.62. The van der Waals surface area contributed by atoms with Crippen LogP contribution >= 0.6 is 15.9 Å². The van der Waals surface area contributed by atoms with Gasteiger partial charge in [-0.3, -0.25) is 0 Å². The van der Waals surface area contributed by atoms with Gasteiger partial charge in [-0.15, -0.1) is 0 Å². The molecule has 2 aromatic rings. The minimum Gasteiger partial charge on any atom is -0.495 e. The minimum absolute atomic E-state index is 0.754. The fourth-order valence-corrected chi connectivity index (χ4v) is 1.83. The van der Waals surface area contributed by atoms with Crippen molar-refractivity contribution in [2.24, 2.45) is 0 Å². The molecule has 0 saturated heterocycles. The van der Waals surface area contributed by atoms with E-state index in [1.807, 2.05) is 42.3 Å². The van der Waals surface area contributed by atoms with Gasteiger partial charge in [0, 0.05) is 13.1 Å². The smallest absolute Gasteiger partial charge is 0.142 e. The molecule has 0 amide bonds. The lowest BCUT2D eigenvalue weighted by Gasteiger charge is -2.20. The number of halogens is 1. The number of methoxy groups -OCH3 is 1. The van der Waals surface area contributed by atoms with E-state index < -0.39 is 0 Å². The zero-order chi connectivity index (χ0) is 12.3. The standard InChI is InChI=1S/C12H12BrN3O/c1-16(12-7-11(13)14-8-15-12)9-5-3-4-6-10(9)17-2/h3-8H,1-2H3. The number of aromatic nitrogens is 2. The Bertz CT molecular complexity index is 519. The first-order chi connectivity index (χ1) is 8.22. The van der Waals surface area contributed by atoms with Crippen LogP contribution in [0.2, 0.25) is 0 Å². The molecule has 1 heterocycles. The van der Waals surface area contributed by atoms with Crippen LogP contribution in [0.4, 0.5) is 11.5 Å². The molecule has 0 aliphatic rings. The summed E-state index contributed by atoms with van der Waals surface area (Å²) in [5.74, 6) is 1.61. The average Bonchev–Trinajstić information content (AvgIpc) is 2.38. The van der Waals surface area contributed by atoms with Crippen LogP contribution in [0.15, 0.2) is 41.3 Å². The van der Waals surface area contributed by atoms with Gasteiger partial charge in [0.25, 0.3) is 0 Å². The third-order valence-electron chi connectivity index (χ3n) is 2.41. The summed E-state index contributed by atoms with van der Waals surface area (Å²) in [6.07, 6.45) is 1.52. The summed E-state index contributed by atoms with van der Waals surface area (Å²) in [6.45, 7) is 0. The largest absolute Gasteiger partial charge is 0.495 e. The van der Waals surface area contributed by atoms with Gasteiger partial charge < -0.3 is 9.64 Å². The highest BCUT2D eigenvalue weighted by atomic mass is 79.9. The maximum Gasteiger partial charge on any atom is 0.142 e. The second-order valence-corrected chi connectivity index (χ2v) is 4.24.